The van der Waals surface area contributed by atoms with Crippen LogP contribution in [0.4, 0.5) is 13.2 Å². The average molecular weight is 442 g/mol. The first-order valence-corrected chi connectivity index (χ1v) is 9.70. The molecule has 1 aromatic heterocycles. The van der Waals surface area contributed by atoms with Crippen LogP contribution < -0.4 is 14.9 Å². The fraction of sp³-hybridized carbons (Fsp3) is 0.167. The molecule has 0 unspecified atom stereocenters. The quantitative estimate of drug-likeness (QED) is 0.273. The van der Waals surface area contributed by atoms with Crippen LogP contribution >= 0.6 is 0 Å². The minimum atomic E-state index is -5.00. The van der Waals surface area contributed by atoms with Gasteiger partial charge in [0.2, 0.25) is 11.2 Å². The van der Waals surface area contributed by atoms with Crippen molar-refractivity contribution in [2.24, 2.45) is 5.92 Å². The van der Waals surface area contributed by atoms with Crippen LogP contribution in [0.3, 0.4) is 0 Å². The van der Waals surface area contributed by atoms with Crippen LogP contribution in [0.5, 0.6) is 17.2 Å². The number of ether oxygens (including phenoxy) is 2. The number of carbonyl (C=O) groups is 1. The summed E-state index contributed by atoms with van der Waals surface area (Å²) in [6.07, 6.45) is -5.00. The Kier molecular flexibility index (Phi) is 5.38. The molecule has 1 heterocycles. The summed E-state index contributed by atoms with van der Waals surface area (Å²) in [6, 6.07) is 15.5. The van der Waals surface area contributed by atoms with E-state index >= 15 is 0 Å². The van der Waals surface area contributed by atoms with E-state index in [0.717, 1.165) is 16.8 Å². The number of rotatable bonds is 4. The van der Waals surface area contributed by atoms with Gasteiger partial charge in [-0.05, 0) is 35.0 Å². The minimum Gasteiger partial charge on any atom is -0.449 e. The molecular formula is C24H17F3O5. The Morgan fingerprint density at radius 3 is 2.31 bits per heavy atom. The topological polar surface area (TPSA) is 65.7 Å². The van der Waals surface area contributed by atoms with Crippen LogP contribution in [0.1, 0.15) is 19.6 Å². The summed E-state index contributed by atoms with van der Waals surface area (Å²) in [5.74, 6) is -3.53. The number of hydrogen-bond acceptors (Lipinski definition) is 5. The van der Waals surface area contributed by atoms with E-state index in [1.54, 1.807) is 32.0 Å². The van der Waals surface area contributed by atoms with E-state index in [4.69, 9.17) is 13.9 Å². The van der Waals surface area contributed by atoms with Crippen molar-refractivity contribution in [3.63, 3.8) is 0 Å². The minimum absolute atomic E-state index is 0.0318. The van der Waals surface area contributed by atoms with Crippen LogP contribution in [-0.4, -0.2) is 5.97 Å². The van der Waals surface area contributed by atoms with Gasteiger partial charge in [0.1, 0.15) is 17.1 Å². The number of carbonyl (C=O) groups excluding carboxylic acids is 1. The lowest BCUT2D eigenvalue weighted by Crippen LogP contribution is -2.16. The summed E-state index contributed by atoms with van der Waals surface area (Å²) in [7, 11) is 0. The Hall–Kier alpha value is -3.81. The molecular weight excluding hydrogens is 425 g/mol. The molecule has 4 aromatic rings. The zero-order valence-electron chi connectivity index (χ0n) is 17.0. The van der Waals surface area contributed by atoms with E-state index in [1.807, 2.05) is 12.1 Å². The van der Waals surface area contributed by atoms with E-state index in [0.29, 0.717) is 0 Å². The van der Waals surface area contributed by atoms with E-state index in [-0.39, 0.29) is 22.5 Å². The van der Waals surface area contributed by atoms with Crippen molar-refractivity contribution in [1.29, 1.82) is 0 Å². The van der Waals surface area contributed by atoms with Crippen molar-refractivity contribution >= 4 is 27.7 Å². The molecule has 0 aliphatic heterocycles. The summed E-state index contributed by atoms with van der Waals surface area (Å²) >= 11 is 0. The molecule has 3 aromatic carbocycles. The molecule has 0 aliphatic rings. The maximum Gasteiger partial charge on any atom is 0.453 e. The lowest BCUT2D eigenvalue weighted by Gasteiger charge is -2.14. The summed E-state index contributed by atoms with van der Waals surface area (Å²) in [5.41, 5.74) is -1.37. The fourth-order valence-electron chi connectivity index (χ4n) is 3.08. The molecule has 164 valence electrons. The van der Waals surface area contributed by atoms with E-state index in [1.165, 1.54) is 24.3 Å². The average Bonchev–Trinajstić information content (AvgIpc) is 2.74. The Labute approximate surface area is 180 Å². The summed E-state index contributed by atoms with van der Waals surface area (Å²) in [5, 5.41) is 1.46. The van der Waals surface area contributed by atoms with Crippen LogP contribution in [0.2, 0.25) is 0 Å². The molecule has 8 heteroatoms. The van der Waals surface area contributed by atoms with Crippen LogP contribution in [-0.2, 0) is 11.0 Å². The van der Waals surface area contributed by atoms with Gasteiger partial charge in [0.25, 0.3) is 5.76 Å². The Morgan fingerprint density at radius 2 is 1.62 bits per heavy atom. The first kappa shape index (κ1) is 21.4. The summed E-state index contributed by atoms with van der Waals surface area (Å²) in [6.45, 7) is 3.23. The van der Waals surface area contributed by atoms with Crippen molar-refractivity contribution in [3.8, 4) is 17.2 Å². The van der Waals surface area contributed by atoms with E-state index in [9.17, 15) is 22.8 Å². The van der Waals surface area contributed by atoms with Gasteiger partial charge in [0, 0.05) is 6.07 Å². The molecule has 0 bridgehead atoms. The number of halogens is 3. The Bertz CT molecular complexity index is 1390. The monoisotopic (exact) mass is 442 g/mol. The molecule has 0 atom stereocenters. The highest BCUT2D eigenvalue weighted by atomic mass is 19.4. The number of esters is 1. The largest absolute Gasteiger partial charge is 0.453 e. The third-order valence-electron chi connectivity index (χ3n) is 4.71. The van der Waals surface area contributed by atoms with Crippen LogP contribution in [0.25, 0.3) is 21.7 Å². The van der Waals surface area contributed by atoms with Gasteiger partial charge < -0.3 is 13.9 Å². The smallest absolute Gasteiger partial charge is 0.449 e. The van der Waals surface area contributed by atoms with Crippen molar-refractivity contribution in [2.75, 3.05) is 0 Å². The molecule has 0 saturated heterocycles. The number of benzene rings is 3. The number of fused-ring (bicyclic) bond motifs is 2. The highest BCUT2D eigenvalue weighted by molar-refractivity contribution is 5.84. The standard InChI is InChI=1S/C24H17F3O5/c1-13(2)23(29)31-17-9-10-18-19(12-17)32-22(24(25,26)27)21(20(18)28)30-16-8-7-14-5-3-4-6-15(14)11-16/h3-13H,1-2H3. The SMILES string of the molecule is CC(C)C(=O)Oc1ccc2c(=O)c(Oc3ccc4ccccc4c3)c(C(F)(F)F)oc2c1. The summed E-state index contributed by atoms with van der Waals surface area (Å²) < 4.78 is 56.7. The fourth-order valence-corrected chi connectivity index (χ4v) is 3.08. The molecule has 0 saturated carbocycles. The van der Waals surface area contributed by atoms with Gasteiger partial charge in [0.15, 0.2) is 0 Å². The van der Waals surface area contributed by atoms with Crippen molar-refractivity contribution in [1.82, 2.24) is 0 Å². The van der Waals surface area contributed by atoms with Crippen LogP contribution in [0, 0.1) is 5.92 Å². The lowest BCUT2D eigenvalue weighted by atomic mass is 10.1. The molecule has 0 fully saturated rings. The zero-order valence-corrected chi connectivity index (χ0v) is 17.0. The zero-order chi connectivity index (χ0) is 23.0. The van der Waals surface area contributed by atoms with Crippen molar-refractivity contribution < 1.29 is 31.9 Å². The van der Waals surface area contributed by atoms with Gasteiger partial charge in [0.05, 0.1) is 11.3 Å². The molecule has 0 amide bonds. The van der Waals surface area contributed by atoms with Gasteiger partial charge >= 0.3 is 12.1 Å². The highest BCUT2D eigenvalue weighted by Gasteiger charge is 2.40. The maximum atomic E-state index is 13.7. The predicted molar refractivity (Wildman–Crippen MR) is 112 cm³/mol. The number of alkyl halides is 3. The van der Waals surface area contributed by atoms with E-state index < -0.39 is 35.0 Å². The second kappa shape index (κ2) is 8.03. The molecule has 5 nitrogen and oxygen atoms in total. The van der Waals surface area contributed by atoms with Crippen molar-refractivity contribution in [3.05, 3.63) is 76.6 Å². The highest BCUT2D eigenvalue weighted by Crippen LogP contribution is 2.39. The third-order valence-corrected chi connectivity index (χ3v) is 4.71. The van der Waals surface area contributed by atoms with Gasteiger partial charge in [-0.15, -0.1) is 0 Å². The molecule has 32 heavy (non-hydrogen) atoms. The van der Waals surface area contributed by atoms with Gasteiger partial charge in [-0.3, -0.25) is 9.59 Å². The van der Waals surface area contributed by atoms with Gasteiger partial charge in [-0.25, -0.2) is 0 Å². The molecule has 0 aliphatic carbocycles. The lowest BCUT2D eigenvalue weighted by molar-refractivity contribution is -0.154. The Balaban J connectivity index is 1.82. The first-order chi connectivity index (χ1) is 15.1. The maximum absolute atomic E-state index is 13.7. The Morgan fingerprint density at radius 1 is 0.938 bits per heavy atom. The predicted octanol–water partition coefficient (Wildman–Crippen LogP) is 6.32. The second-order valence-electron chi connectivity index (χ2n) is 7.43. The van der Waals surface area contributed by atoms with Gasteiger partial charge in [-0.2, -0.15) is 13.2 Å². The summed E-state index contributed by atoms with van der Waals surface area (Å²) in [4.78, 5) is 24.7. The number of hydrogen-bond donors (Lipinski definition) is 0. The normalized spacial score (nSPS) is 11.8. The first-order valence-electron chi connectivity index (χ1n) is 9.70. The molecule has 0 radical (unpaired) electrons. The third kappa shape index (κ3) is 4.16. The molecule has 4 rings (SSSR count). The van der Waals surface area contributed by atoms with E-state index in [2.05, 4.69) is 0 Å². The molecule has 0 spiro atoms. The van der Waals surface area contributed by atoms with Crippen LogP contribution in [0.15, 0.2) is 69.9 Å². The second-order valence-corrected chi connectivity index (χ2v) is 7.43. The van der Waals surface area contributed by atoms with Gasteiger partial charge in [-0.1, -0.05) is 44.2 Å². The molecule has 0 N–H and O–H groups in total. The van der Waals surface area contributed by atoms with Crippen molar-refractivity contribution in [2.45, 2.75) is 20.0 Å².